The van der Waals surface area contributed by atoms with Crippen molar-refractivity contribution in [3.63, 3.8) is 0 Å². The molecule has 0 amide bonds. The van der Waals surface area contributed by atoms with Gasteiger partial charge in [0, 0.05) is 6.04 Å². The van der Waals surface area contributed by atoms with Gasteiger partial charge in [0.1, 0.15) is 0 Å². The van der Waals surface area contributed by atoms with Crippen molar-refractivity contribution in [1.82, 2.24) is 5.32 Å². The highest BCUT2D eigenvalue weighted by Crippen LogP contribution is 2.20. The second-order valence-electron chi connectivity index (χ2n) is 5.24. The van der Waals surface area contributed by atoms with E-state index in [9.17, 15) is 0 Å². The normalized spacial score (nSPS) is 12.7. The van der Waals surface area contributed by atoms with Crippen molar-refractivity contribution in [1.29, 1.82) is 0 Å². The molecule has 0 spiro atoms. The molecule has 1 atom stereocenters. The third-order valence-electron chi connectivity index (χ3n) is 3.75. The predicted octanol–water partition coefficient (Wildman–Crippen LogP) is 4.55. The van der Waals surface area contributed by atoms with Gasteiger partial charge in [0.05, 0.1) is 0 Å². The van der Waals surface area contributed by atoms with Gasteiger partial charge in [-0.2, -0.15) is 0 Å². The molecule has 102 valence electrons. The number of unbranched alkanes of at least 4 members (excludes halogenated alkanes) is 1. The molecule has 0 aromatic heterocycles. The van der Waals surface area contributed by atoms with Crippen LogP contribution in [0.15, 0.2) is 42.5 Å². The molecule has 1 nitrogen and oxygen atoms in total. The first-order valence-electron chi connectivity index (χ1n) is 7.55. The highest BCUT2D eigenvalue weighted by atomic mass is 14.9. The van der Waals surface area contributed by atoms with Gasteiger partial charge >= 0.3 is 0 Å². The molecule has 0 radical (unpaired) electrons. The van der Waals surface area contributed by atoms with Gasteiger partial charge in [-0.05, 0) is 35.7 Å². The molecule has 1 unspecified atom stereocenters. The Morgan fingerprint density at radius 1 is 1.00 bits per heavy atom. The molecule has 0 saturated heterocycles. The maximum Gasteiger partial charge on any atom is 0.0108 e. The van der Waals surface area contributed by atoms with Crippen LogP contribution in [-0.4, -0.2) is 12.6 Å². The molecule has 19 heavy (non-hydrogen) atoms. The van der Waals surface area contributed by atoms with Gasteiger partial charge in [0.15, 0.2) is 0 Å². The Labute approximate surface area is 117 Å². The van der Waals surface area contributed by atoms with Gasteiger partial charge < -0.3 is 5.32 Å². The molecule has 0 heterocycles. The number of hydrogen-bond acceptors (Lipinski definition) is 1. The lowest BCUT2D eigenvalue weighted by atomic mass is 9.96. The molecular weight excluding hydrogens is 230 g/mol. The Balaban J connectivity index is 2.18. The second kappa shape index (κ2) is 7.30. The molecule has 0 aliphatic carbocycles. The van der Waals surface area contributed by atoms with E-state index >= 15 is 0 Å². The van der Waals surface area contributed by atoms with Gasteiger partial charge in [-0.15, -0.1) is 0 Å². The summed E-state index contributed by atoms with van der Waals surface area (Å²) in [5, 5.41) is 6.39. The molecule has 2 aromatic rings. The van der Waals surface area contributed by atoms with Crippen LogP contribution in [0.5, 0.6) is 0 Å². The molecule has 0 fully saturated rings. The summed E-state index contributed by atoms with van der Waals surface area (Å²) < 4.78 is 0. The molecule has 2 aromatic carbocycles. The maximum atomic E-state index is 3.63. The fourth-order valence-electron chi connectivity index (χ4n) is 2.75. The van der Waals surface area contributed by atoms with E-state index in [-0.39, 0.29) is 0 Å². The minimum Gasteiger partial charge on any atom is -0.314 e. The minimum atomic E-state index is 0.607. The van der Waals surface area contributed by atoms with E-state index in [1.165, 1.54) is 35.6 Å². The number of likely N-dealkylation sites (N-methyl/N-ethyl adjacent to an activating group) is 1. The lowest BCUT2D eigenvalue weighted by Gasteiger charge is -2.18. The largest absolute Gasteiger partial charge is 0.314 e. The van der Waals surface area contributed by atoms with E-state index in [0.29, 0.717) is 6.04 Å². The van der Waals surface area contributed by atoms with Crippen molar-refractivity contribution in [2.24, 2.45) is 0 Å². The van der Waals surface area contributed by atoms with Gasteiger partial charge in [0.2, 0.25) is 0 Å². The first-order chi connectivity index (χ1) is 9.35. The number of nitrogens with one attached hydrogen (secondary N) is 1. The summed E-state index contributed by atoms with van der Waals surface area (Å²) in [6.45, 7) is 5.52. The van der Waals surface area contributed by atoms with Crippen molar-refractivity contribution >= 4 is 10.8 Å². The topological polar surface area (TPSA) is 12.0 Å². The van der Waals surface area contributed by atoms with E-state index < -0.39 is 0 Å². The minimum absolute atomic E-state index is 0.607. The number of hydrogen-bond donors (Lipinski definition) is 1. The summed E-state index contributed by atoms with van der Waals surface area (Å²) in [5.74, 6) is 0. The summed E-state index contributed by atoms with van der Waals surface area (Å²) in [7, 11) is 0. The van der Waals surface area contributed by atoms with E-state index in [2.05, 4.69) is 61.6 Å². The van der Waals surface area contributed by atoms with E-state index in [1.54, 1.807) is 0 Å². The number of rotatable bonds is 7. The standard InChI is InChI=1S/C18H25N/c1-3-5-12-17(19-4-2)14-16-11-8-10-15-9-6-7-13-18(15)16/h6-11,13,17,19H,3-5,12,14H2,1-2H3. The van der Waals surface area contributed by atoms with E-state index in [0.717, 1.165) is 13.0 Å². The zero-order valence-electron chi connectivity index (χ0n) is 12.2. The van der Waals surface area contributed by atoms with Crippen LogP contribution in [-0.2, 0) is 6.42 Å². The molecule has 0 aliphatic heterocycles. The zero-order valence-corrected chi connectivity index (χ0v) is 12.2. The third-order valence-corrected chi connectivity index (χ3v) is 3.75. The summed E-state index contributed by atoms with van der Waals surface area (Å²) in [6.07, 6.45) is 4.99. The van der Waals surface area contributed by atoms with Gasteiger partial charge in [-0.3, -0.25) is 0 Å². The van der Waals surface area contributed by atoms with Crippen LogP contribution < -0.4 is 5.32 Å². The zero-order chi connectivity index (χ0) is 13.5. The average molecular weight is 255 g/mol. The first kappa shape index (κ1) is 14.1. The summed E-state index contributed by atoms with van der Waals surface area (Å²) >= 11 is 0. The van der Waals surface area contributed by atoms with Crippen LogP contribution in [0.4, 0.5) is 0 Å². The van der Waals surface area contributed by atoms with Crippen molar-refractivity contribution in [3.8, 4) is 0 Å². The molecule has 1 heteroatoms. The van der Waals surface area contributed by atoms with Crippen LogP contribution in [0.25, 0.3) is 10.8 Å². The van der Waals surface area contributed by atoms with E-state index in [4.69, 9.17) is 0 Å². The van der Waals surface area contributed by atoms with Crippen molar-refractivity contribution in [2.45, 2.75) is 45.6 Å². The van der Waals surface area contributed by atoms with E-state index in [1.807, 2.05) is 0 Å². The predicted molar refractivity (Wildman–Crippen MR) is 84.6 cm³/mol. The lowest BCUT2D eigenvalue weighted by Crippen LogP contribution is -2.30. The monoisotopic (exact) mass is 255 g/mol. The Morgan fingerprint density at radius 2 is 1.79 bits per heavy atom. The molecule has 1 N–H and O–H groups in total. The lowest BCUT2D eigenvalue weighted by molar-refractivity contribution is 0.474. The van der Waals surface area contributed by atoms with Crippen LogP contribution in [0.3, 0.4) is 0 Å². The van der Waals surface area contributed by atoms with Crippen molar-refractivity contribution in [2.75, 3.05) is 6.54 Å². The van der Waals surface area contributed by atoms with Crippen LogP contribution in [0.2, 0.25) is 0 Å². The highest BCUT2D eigenvalue weighted by molar-refractivity contribution is 5.85. The average Bonchev–Trinajstić information content (AvgIpc) is 2.45. The molecule has 2 rings (SSSR count). The molecule has 0 aliphatic rings. The van der Waals surface area contributed by atoms with Gasteiger partial charge in [0.25, 0.3) is 0 Å². The summed E-state index contributed by atoms with van der Waals surface area (Å²) in [4.78, 5) is 0. The second-order valence-corrected chi connectivity index (χ2v) is 5.24. The van der Waals surface area contributed by atoms with Gasteiger partial charge in [-0.25, -0.2) is 0 Å². The summed E-state index contributed by atoms with van der Waals surface area (Å²) in [6, 6.07) is 16.0. The smallest absolute Gasteiger partial charge is 0.0108 e. The summed E-state index contributed by atoms with van der Waals surface area (Å²) in [5.41, 5.74) is 1.47. The highest BCUT2D eigenvalue weighted by Gasteiger charge is 2.09. The van der Waals surface area contributed by atoms with Crippen LogP contribution in [0.1, 0.15) is 38.7 Å². The Hall–Kier alpha value is -1.34. The molecular formula is C18H25N. The Kier molecular flexibility index (Phi) is 5.41. The molecule has 0 bridgehead atoms. The number of benzene rings is 2. The number of fused-ring (bicyclic) bond motifs is 1. The fraction of sp³-hybridized carbons (Fsp3) is 0.444. The Bertz CT molecular complexity index is 499. The maximum absolute atomic E-state index is 3.63. The quantitative estimate of drug-likeness (QED) is 0.765. The van der Waals surface area contributed by atoms with Crippen molar-refractivity contribution < 1.29 is 0 Å². The SMILES string of the molecule is CCCCC(Cc1cccc2ccccc12)NCC. The third kappa shape index (κ3) is 3.81. The van der Waals surface area contributed by atoms with Crippen molar-refractivity contribution in [3.05, 3.63) is 48.0 Å². The van der Waals surface area contributed by atoms with Crippen LogP contribution in [0, 0.1) is 0 Å². The van der Waals surface area contributed by atoms with Crippen LogP contribution >= 0.6 is 0 Å². The first-order valence-corrected chi connectivity index (χ1v) is 7.55. The fourth-order valence-corrected chi connectivity index (χ4v) is 2.75. The Morgan fingerprint density at radius 3 is 2.58 bits per heavy atom. The molecule has 0 saturated carbocycles. The van der Waals surface area contributed by atoms with Gasteiger partial charge in [-0.1, -0.05) is 69.2 Å².